The van der Waals surface area contributed by atoms with Gasteiger partial charge in [0.25, 0.3) is 0 Å². The van der Waals surface area contributed by atoms with E-state index in [0.717, 1.165) is 5.56 Å². The van der Waals surface area contributed by atoms with Gasteiger partial charge in [-0.1, -0.05) is 30.3 Å². The van der Waals surface area contributed by atoms with Crippen LogP contribution in [0.15, 0.2) is 46.9 Å². The summed E-state index contributed by atoms with van der Waals surface area (Å²) >= 11 is 0. The summed E-state index contributed by atoms with van der Waals surface area (Å²) in [4.78, 5) is 29.1. The van der Waals surface area contributed by atoms with Gasteiger partial charge in [-0.2, -0.15) is 0 Å². The highest BCUT2D eigenvalue weighted by Crippen LogP contribution is 2.29. The SMILES string of the molecule is COC(=O)c1cc(NC(=O)[C@@H]2CCOC2)c2oc(Cc3ccccc3)nc2c1. The van der Waals surface area contributed by atoms with Gasteiger partial charge >= 0.3 is 5.97 Å². The van der Waals surface area contributed by atoms with E-state index in [1.807, 2.05) is 30.3 Å². The average molecular weight is 380 g/mol. The quantitative estimate of drug-likeness (QED) is 0.684. The first-order chi connectivity index (χ1) is 13.6. The van der Waals surface area contributed by atoms with E-state index in [2.05, 4.69) is 10.3 Å². The Hall–Kier alpha value is -3.19. The zero-order chi connectivity index (χ0) is 19.5. The molecule has 1 saturated heterocycles. The summed E-state index contributed by atoms with van der Waals surface area (Å²) in [6.07, 6.45) is 1.17. The summed E-state index contributed by atoms with van der Waals surface area (Å²) in [5.41, 5.74) is 2.68. The standard InChI is InChI=1S/C21H20N2O5/c1-26-21(25)15-10-16-19(17(11-15)23-20(24)14-7-8-27-12-14)28-18(22-16)9-13-5-3-2-4-6-13/h2-6,10-11,14H,7-9,12H2,1H3,(H,23,24)/t14-/m1/s1. The molecule has 0 bridgehead atoms. The number of oxazole rings is 1. The highest BCUT2D eigenvalue weighted by atomic mass is 16.5. The number of esters is 1. The Morgan fingerprint density at radius 1 is 1.25 bits per heavy atom. The van der Waals surface area contributed by atoms with Crippen molar-refractivity contribution in [2.45, 2.75) is 12.8 Å². The highest BCUT2D eigenvalue weighted by Gasteiger charge is 2.25. The van der Waals surface area contributed by atoms with Crippen LogP contribution in [0, 0.1) is 5.92 Å². The number of benzene rings is 2. The Morgan fingerprint density at radius 3 is 2.79 bits per heavy atom. The fourth-order valence-corrected chi connectivity index (χ4v) is 3.23. The summed E-state index contributed by atoms with van der Waals surface area (Å²) in [5, 5.41) is 2.86. The van der Waals surface area contributed by atoms with Gasteiger partial charge < -0.3 is 19.2 Å². The Labute approximate surface area is 161 Å². The third-order valence-electron chi connectivity index (χ3n) is 4.71. The topological polar surface area (TPSA) is 90.7 Å². The number of carbonyl (C=O) groups is 2. The molecule has 1 atom stereocenters. The van der Waals surface area contributed by atoms with Gasteiger partial charge in [-0.15, -0.1) is 0 Å². The van der Waals surface area contributed by atoms with E-state index in [1.54, 1.807) is 12.1 Å². The van der Waals surface area contributed by atoms with Crippen LogP contribution < -0.4 is 5.32 Å². The second-order valence-corrected chi connectivity index (χ2v) is 6.68. The van der Waals surface area contributed by atoms with E-state index in [1.165, 1.54) is 7.11 Å². The lowest BCUT2D eigenvalue weighted by molar-refractivity contribution is -0.119. The van der Waals surface area contributed by atoms with Gasteiger partial charge in [0.1, 0.15) is 5.52 Å². The molecular weight excluding hydrogens is 360 g/mol. The number of aromatic nitrogens is 1. The second kappa shape index (κ2) is 7.82. The summed E-state index contributed by atoms with van der Waals surface area (Å²) in [7, 11) is 1.31. The molecule has 28 heavy (non-hydrogen) atoms. The largest absolute Gasteiger partial charge is 0.465 e. The van der Waals surface area contributed by atoms with E-state index in [9.17, 15) is 9.59 Å². The molecule has 4 rings (SSSR count). The van der Waals surface area contributed by atoms with Gasteiger partial charge in [0.2, 0.25) is 5.91 Å². The number of amides is 1. The number of nitrogens with one attached hydrogen (secondary N) is 1. The van der Waals surface area contributed by atoms with E-state index >= 15 is 0 Å². The van der Waals surface area contributed by atoms with Crippen molar-refractivity contribution in [1.82, 2.24) is 4.98 Å². The minimum Gasteiger partial charge on any atom is -0.465 e. The zero-order valence-corrected chi connectivity index (χ0v) is 15.4. The van der Waals surface area contributed by atoms with Crippen molar-refractivity contribution < 1.29 is 23.5 Å². The number of fused-ring (bicyclic) bond motifs is 1. The molecule has 1 aromatic heterocycles. The predicted molar refractivity (Wildman–Crippen MR) is 102 cm³/mol. The van der Waals surface area contributed by atoms with Crippen molar-refractivity contribution >= 4 is 28.7 Å². The van der Waals surface area contributed by atoms with E-state index in [-0.39, 0.29) is 11.8 Å². The number of methoxy groups -OCH3 is 1. The van der Waals surface area contributed by atoms with Crippen molar-refractivity contribution in [3.05, 3.63) is 59.5 Å². The molecule has 2 heterocycles. The van der Waals surface area contributed by atoms with Gasteiger partial charge in [-0.25, -0.2) is 9.78 Å². The lowest BCUT2D eigenvalue weighted by atomic mass is 10.1. The summed E-state index contributed by atoms with van der Waals surface area (Å²) in [6.45, 7) is 0.959. The molecule has 0 radical (unpaired) electrons. The van der Waals surface area contributed by atoms with Crippen molar-refractivity contribution in [3.63, 3.8) is 0 Å². The Kier molecular flexibility index (Phi) is 5.08. The zero-order valence-electron chi connectivity index (χ0n) is 15.4. The molecule has 7 heteroatoms. The van der Waals surface area contributed by atoms with Crippen LogP contribution in [0.2, 0.25) is 0 Å². The van der Waals surface area contributed by atoms with Crippen LogP contribution in [0.25, 0.3) is 11.1 Å². The third kappa shape index (κ3) is 3.75. The molecule has 1 aliphatic rings. The van der Waals surface area contributed by atoms with Crippen LogP contribution in [0.5, 0.6) is 0 Å². The van der Waals surface area contributed by atoms with Gasteiger partial charge in [-0.05, 0) is 24.1 Å². The molecule has 1 fully saturated rings. The van der Waals surface area contributed by atoms with E-state index in [0.29, 0.717) is 54.3 Å². The van der Waals surface area contributed by atoms with Crippen LogP contribution >= 0.6 is 0 Å². The molecule has 0 saturated carbocycles. The van der Waals surface area contributed by atoms with Crippen molar-refractivity contribution in [2.75, 3.05) is 25.6 Å². The minimum absolute atomic E-state index is 0.165. The molecule has 1 N–H and O–H groups in total. The summed E-state index contributed by atoms with van der Waals surface area (Å²) in [5.74, 6) is -0.387. The molecule has 0 spiro atoms. The normalized spacial score (nSPS) is 16.2. The summed E-state index contributed by atoms with van der Waals surface area (Å²) in [6, 6.07) is 13.0. The van der Waals surface area contributed by atoms with Crippen molar-refractivity contribution in [2.24, 2.45) is 5.92 Å². The molecule has 144 valence electrons. The summed E-state index contributed by atoms with van der Waals surface area (Å²) < 4.78 is 16.0. The fourth-order valence-electron chi connectivity index (χ4n) is 3.23. The number of carbonyl (C=O) groups excluding carboxylic acids is 2. The first-order valence-electron chi connectivity index (χ1n) is 9.08. The molecule has 1 aliphatic heterocycles. The monoisotopic (exact) mass is 380 g/mol. The lowest BCUT2D eigenvalue weighted by Crippen LogP contribution is -2.23. The van der Waals surface area contributed by atoms with Crippen LogP contribution in [-0.4, -0.2) is 37.2 Å². The minimum atomic E-state index is -0.505. The smallest absolute Gasteiger partial charge is 0.338 e. The van der Waals surface area contributed by atoms with Crippen molar-refractivity contribution in [1.29, 1.82) is 0 Å². The van der Waals surface area contributed by atoms with Gasteiger partial charge in [0, 0.05) is 13.0 Å². The second-order valence-electron chi connectivity index (χ2n) is 6.68. The first kappa shape index (κ1) is 18.2. The molecule has 7 nitrogen and oxygen atoms in total. The molecule has 0 unspecified atom stereocenters. The molecule has 1 amide bonds. The first-order valence-corrected chi connectivity index (χ1v) is 9.08. The predicted octanol–water partition coefficient (Wildman–Crippen LogP) is 3.18. The van der Waals surface area contributed by atoms with Gasteiger partial charge in [-0.3, -0.25) is 4.79 Å². The number of anilines is 1. The molecule has 0 aliphatic carbocycles. The maximum absolute atomic E-state index is 12.5. The number of nitrogens with zero attached hydrogens (tertiary/aromatic N) is 1. The van der Waals surface area contributed by atoms with E-state index < -0.39 is 5.97 Å². The Morgan fingerprint density at radius 2 is 2.07 bits per heavy atom. The Balaban J connectivity index is 1.70. The van der Waals surface area contributed by atoms with Crippen molar-refractivity contribution in [3.8, 4) is 0 Å². The number of ether oxygens (including phenoxy) is 2. The molecule has 3 aromatic rings. The van der Waals surface area contributed by atoms with Crippen LogP contribution in [-0.2, 0) is 20.7 Å². The van der Waals surface area contributed by atoms with Crippen LogP contribution in [0.4, 0.5) is 5.69 Å². The average Bonchev–Trinajstić information content (AvgIpc) is 3.38. The maximum atomic E-state index is 12.5. The third-order valence-corrected chi connectivity index (χ3v) is 4.71. The Bertz CT molecular complexity index is 1010. The highest BCUT2D eigenvalue weighted by molar-refractivity contribution is 6.03. The van der Waals surface area contributed by atoms with Crippen LogP contribution in [0.1, 0.15) is 28.2 Å². The number of hydrogen-bond donors (Lipinski definition) is 1. The lowest BCUT2D eigenvalue weighted by Gasteiger charge is -2.10. The van der Waals surface area contributed by atoms with Crippen LogP contribution in [0.3, 0.4) is 0 Å². The number of rotatable bonds is 5. The molecular formula is C21H20N2O5. The fraction of sp³-hybridized carbons (Fsp3) is 0.286. The maximum Gasteiger partial charge on any atom is 0.338 e. The van der Waals surface area contributed by atoms with E-state index in [4.69, 9.17) is 13.9 Å². The van der Waals surface area contributed by atoms with Gasteiger partial charge in [0.15, 0.2) is 11.5 Å². The van der Waals surface area contributed by atoms with Gasteiger partial charge in [0.05, 0.1) is 30.9 Å². The molecule has 2 aromatic carbocycles. The number of hydrogen-bond acceptors (Lipinski definition) is 6.